The van der Waals surface area contributed by atoms with Crippen LogP contribution in [0, 0.1) is 6.57 Å². The molecule has 0 N–H and O–H groups in total. The van der Waals surface area contributed by atoms with Crippen molar-refractivity contribution in [2.45, 2.75) is 38.5 Å². The highest BCUT2D eigenvalue weighted by atomic mass is 15.0. The average molecular weight is 434 g/mol. The number of hydrogen-bond donors (Lipinski definition) is 0. The first kappa shape index (κ1) is 18.6. The van der Waals surface area contributed by atoms with E-state index in [0.29, 0.717) is 0 Å². The van der Waals surface area contributed by atoms with Gasteiger partial charge in [-0.05, 0) is 45.1 Å². The Kier molecular flexibility index (Phi) is 3.00. The molecule has 0 spiro atoms. The molecule has 0 unspecified atom stereocenters. The van der Waals surface area contributed by atoms with Crippen molar-refractivity contribution in [2.75, 3.05) is 0 Å². The van der Waals surface area contributed by atoms with E-state index in [4.69, 9.17) is 6.57 Å². The van der Waals surface area contributed by atoms with Gasteiger partial charge in [0, 0.05) is 27.4 Å². The first-order chi connectivity index (χ1) is 16.4. The first-order valence-electron chi connectivity index (χ1n) is 12.1. The normalized spacial score (nSPS) is 17.2. The summed E-state index contributed by atoms with van der Waals surface area (Å²) < 4.78 is 2.47. The van der Waals surface area contributed by atoms with Crippen LogP contribution < -0.4 is 16.4 Å². The maximum atomic E-state index is 8.13. The van der Waals surface area contributed by atoms with Crippen molar-refractivity contribution in [3.8, 4) is 5.69 Å². The minimum atomic E-state index is -0.175. The van der Waals surface area contributed by atoms with Gasteiger partial charge in [0.15, 0.2) is 5.69 Å². The summed E-state index contributed by atoms with van der Waals surface area (Å²) in [6, 6.07) is 24.6. The Morgan fingerprint density at radius 2 is 1.38 bits per heavy atom. The lowest BCUT2D eigenvalue weighted by Crippen LogP contribution is -2.68. The van der Waals surface area contributed by atoms with Crippen molar-refractivity contribution >= 4 is 50.6 Å². The molecule has 0 fully saturated rings. The summed E-state index contributed by atoms with van der Waals surface area (Å²) in [5, 5.41) is 2.29. The van der Waals surface area contributed by atoms with Crippen molar-refractivity contribution in [3.05, 3.63) is 100 Å². The highest BCUT2D eigenvalue weighted by Gasteiger charge is 2.51. The van der Waals surface area contributed by atoms with Crippen LogP contribution in [0.2, 0.25) is 0 Å². The fourth-order valence-electron chi connectivity index (χ4n) is 7.60. The van der Waals surface area contributed by atoms with Gasteiger partial charge in [0.05, 0.1) is 12.1 Å². The molecular weight excluding hydrogens is 411 g/mol. The smallest absolute Gasteiger partial charge is 0.248 e. The molecular formula is C31H23BN2. The second kappa shape index (κ2) is 5.48. The maximum Gasteiger partial charge on any atom is 0.248 e. The van der Waals surface area contributed by atoms with Crippen LogP contribution in [0.3, 0.4) is 0 Å². The minimum absolute atomic E-state index is 0.0726. The minimum Gasteiger partial charge on any atom is -0.312 e. The summed E-state index contributed by atoms with van der Waals surface area (Å²) in [6.07, 6.45) is 0. The molecule has 0 saturated carbocycles. The topological polar surface area (TPSA) is 9.29 Å². The maximum absolute atomic E-state index is 8.13. The highest BCUT2D eigenvalue weighted by Crippen LogP contribution is 2.47. The van der Waals surface area contributed by atoms with Gasteiger partial charge in [0.25, 0.3) is 0 Å². The summed E-state index contributed by atoms with van der Waals surface area (Å²) in [4.78, 5) is 4.09. The zero-order chi connectivity index (χ0) is 23.1. The quantitative estimate of drug-likeness (QED) is 0.222. The average Bonchev–Trinajstić information content (AvgIpc) is 3.19. The molecule has 0 aliphatic carbocycles. The third kappa shape index (κ3) is 1.76. The zero-order valence-corrected chi connectivity index (χ0v) is 19.8. The van der Waals surface area contributed by atoms with Gasteiger partial charge < -0.3 is 4.57 Å². The summed E-state index contributed by atoms with van der Waals surface area (Å²) in [5.74, 6) is 0. The second-order valence-corrected chi connectivity index (χ2v) is 11.2. The molecule has 3 aliphatic rings. The third-order valence-corrected chi connectivity index (χ3v) is 9.07. The molecule has 160 valence electrons. The summed E-state index contributed by atoms with van der Waals surface area (Å²) in [7, 11) is 0. The number of hydrogen-bond acceptors (Lipinski definition) is 0. The first-order valence-corrected chi connectivity index (χ1v) is 12.1. The van der Waals surface area contributed by atoms with Crippen LogP contribution in [-0.4, -0.2) is 11.3 Å². The molecule has 1 aromatic heterocycles. The number of rotatable bonds is 0. The monoisotopic (exact) mass is 434 g/mol. The van der Waals surface area contributed by atoms with Crippen LogP contribution in [0.1, 0.15) is 49.9 Å². The van der Waals surface area contributed by atoms with Gasteiger partial charge in [0.2, 0.25) is 6.71 Å². The molecule has 0 saturated heterocycles. The predicted octanol–water partition coefficient (Wildman–Crippen LogP) is 5.44. The van der Waals surface area contributed by atoms with E-state index in [9.17, 15) is 0 Å². The molecule has 0 bridgehead atoms. The van der Waals surface area contributed by atoms with E-state index >= 15 is 0 Å². The zero-order valence-electron chi connectivity index (χ0n) is 19.8. The highest BCUT2D eigenvalue weighted by molar-refractivity contribution is 7.00. The SMILES string of the molecule is [C-]#[N+]c1cc2c3c4c1c1ccccc1n4-c1cccc4c1B3c1c(cccc1C2(C)C)C4(C)C. The van der Waals surface area contributed by atoms with Crippen LogP contribution in [-0.2, 0) is 10.8 Å². The number of fused-ring (bicyclic) bond motifs is 4. The van der Waals surface area contributed by atoms with Crippen molar-refractivity contribution in [1.82, 2.24) is 4.57 Å². The van der Waals surface area contributed by atoms with Crippen LogP contribution in [0.15, 0.2) is 66.7 Å². The van der Waals surface area contributed by atoms with E-state index in [0.717, 1.165) is 11.1 Å². The Morgan fingerprint density at radius 3 is 2.12 bits per heavy atom. The standard InChI is InChI=1S/C31H23BN2/c1-30(2)18-11-8-12-19-26(18)32-27-20(30)13-9-15-24(27)34-23-14-7-6-10-17(23)25-22(33-5)16-21(31(19,3)4)28(32)29(25)34/h6-16H,1-4H3. The van der Waals surface area contributed by atoms with Gasteiger partial charge in [0.1, 0.15) is 0 Å². The Hall–Kier alpha value is -3.77. The van der Waals surface area contributed by atoms with Gasteiger partial charge in [-0.2, -0.15) is 0 Å². The van der Waals surface area contributed by atoms with Crippen molar-refractivity contribution in [2.24, 2.45) is 0 Å². The molecule has 2 nitrogen and oxygen atoms in total. The van der Waals surface area contributed by atoms with Crippen LogP contribution in [0.4, 0.5) is 5.69 Å². The van der Waals surface area contributed by atoms with Crippen LogP contribution >= 0.6 is 0 Å². The fourth-order valence-corrected chi connectivity index (χ4v) is 7.60. The Bertz CT molecular complexity index is 1830. The molecule has 3 aliphatic heterocycles. The van der Waals surface area contributed by atoms with E-state index in [1.807, 2.05) is 0 Å². The van der Waals surface area contributed by atoms with Crippen LogP contribution in [0.25, 0.3) is 32.3 Å². The van der Waals surface area contributed by atoms with E-state index in [-0.39, 0.29) is 17.5 Å². The summed E-state index contributed by atoms with van der Waals surface area (Å²) in [5.41, 5.74) is 14.2. The number of para-hydroxylation sites is 1. The molecule has 3 heteroatoms. The van der Waals surface area contributed by atoms with Crippen molar-refractivity contribution in [3.63, 3.8) is 0 Å². The van der Waals surface area contributed by atoms with Gasteiger partial charge >= 0.3 is 0 Å². The molecule has 0 radical (unpaired) electrons. The van der Waals surface area contributed by atoms with Crippen LogP contribution in [0.5, 0.6) is 0 Å². The molecule has 34 heavy (non-hydrogen) atoms. The number of benzene rings is 4. The lowest BCUT2D eigenvalue weighted by molar-refractivity contribution is 0.621. The van der Waals surface area contributed by atoms with E-state index in [2.05, 4.69) is 104 Å². The van der Waals surface area contributed by atoms with E-state index < -0.39 is 0 Å². The Morgan fingerprint density at radius 1 is 0.735 bits per heavy atom. The second-order valence-electron chi connectivity index (χ2n) is 11.2. The lowest BCUT2D eigenvalue weighted by Gasteiger charge is -2.49. The summed E-state index contributed by atoms with van der Waals surface area (Å²) >= 11 is 0. The number of nitrogens with zero attached hydrogens (tertiary/aromatic N) is 2. The lowest BCUT2D eigenvalue weighted by atomic mass is 9.26. The molecule has 0 amide bonds. The summed E-state index contributed by atoms with van der Waals surface area (Å²) in [6.45, 7) is 17.8. The largest absolute Gasteiger partial charge is 0.312 e. The molecule has 0 atom stereocenters. The van der Waals surface area contributed by atoms with Gasteiger partial charge in [-0.1, -0.05) is 93.3 Å². The van der Waals surface area contributed by atoms with Gasteiger partial charge in [-0.3, -0.25) is 0 Å². The van der Waals surface area contributed by atoms with E-state index in [1.165, 1.54) is 60.7 Å². The molecule has 4 aromatic carbocycles. The van der Waals surface area contributed by atoms with Gasteiger partial charge in [-0.25, -0.2) is 4.85 Å². The molecule has 5 aromatic rings. The molecule has 8 rings (SSSR count). The van der Waals surface area contributed by atoms with Gasteiger partial charge in [-0.15, -0.1) is 0 Å². The van der Waals surface area contributed by atoms with Crippen molar-refractivity contribution in [1.29, 1.82) is 0 Å². The number of aromatic nitrogens is 1. The van der Waals surface area contributed by atoms with E-state index in [1.54, 1.807) is 0 Å². The third-order valence-electron chi connectivity index (χ3n) is 9.07. The molecule has 4 heterocycles. The van der Waals surface area contributed by atoms with Crippen molar-refractivity contribution < 1.29 is 0 Å². The fraction of sp³-hybridized carbons (Fsp3) is 0.194. The Balaban J connectivity index is 1.75. The predicted molar refractivity (Wildman–Crippen MR) is 142 cm³/mol. The Labute approximate surface area is 199 Å².